The molecule has 7 heteroatoms. The topological polar surface area (TPSA) is 73.5 Å². The van der Waals surface area contributed by atoms with E-state index in [-0.39, 0.29) is 11.9 Å². The highest BCUT2D eigenvalue weighted by Gasteiger charge is 2.26. The second-order valence-corrected chi connectivity index (χ2v) is 9.58. The lowest BCUT2D eigenvalue weighted by molar-refractivity contribution is 0.0932. The Bertz CT molecular complexity index is 1540. The molecule has 1 aliphatic rings. The maximum atomic E-state index is 13.1. The van der Waals surface area contributed by atoms with Crippen LogP contribution in [0.15, 0.2) is 85.3 Å². The van der Waals surface area contributed by atoms with Crippen LogP contribution in [0.1, 0.15) is 57.3 Å². The van der Waals surface area contributed by atoms with Gasteiger partial charge >= 0.3 is 0 Å². The molecule has 3 aromatic heterocycles. The first-order valence-corrected chi connectivity index (χ1v) is 12.7. The molecule has 0 radical (unpaired) electrons. The van der Waals surface area contributed by atoms with Crippen molar-refractivity contribution in [3.8, 4) is 5.75 Å². The zero-order chi connectivity index (χ0) is 25.2. The van der Waals surface area contributed by atoms with Crippen molar-refractivity contribution in [2.45, 2.75) is 45.4 Å². The number of rotatable bonds is 7. The number of amides is 1. The summed E-state index contributed by atoms with van der Waals surface area (Å²) in [5.41, 5.74) is 7.08. The van der Waals surface area contributed by atoms with Gasteiger partial charge in [0.1, 0.15) is 18.0 Å². The minimum absolute atomic E-state index is 0.0322. The monoisotopic (exact) mass is 491 g/mol. The van der Waals surface area contributed by atoms with Crippen molar-refractivity contribution in [2.75, 3.05) is 0 Å². The van der Waals surface area contributed by atoms with E-state index >= 15 is 0 Å². The second kappa shape index (κ2) is 9.93. The summed E-state index contributed by atoms with van der Waals surface area (Å²) >= 11 is 0. The van der Waals surface area contributed by atoms with Gasteiger partial charge in [0.05, 0.1) is 24.5 Å². The molecule has 0 bridgehead atoms. The maximum absolute atomic E-state index is 13.1. The summed E-state index contributed by atoms with van der Waals surface area (Å²) in [6, 6.07) is 21.6. The van der Waals surface area contributed by atoms with Crippen molar-refractivity contribution in [3.63, 3.8) is 0 Å². The van der Waals surface area contributed by atoms with Crippen LogP contribution in [0.3, 0.4) is 0 Å². The first-order valence-electron chi connectivity index (χ1n) is 12.7. The van der Waals surface area contributed by atoms with E-state index < -0.39 is 0 Å². The van der Waals surface area contributed by atoms with E-state index in [0.29, 0.717) is 17.9 Å². The van der Waals surface area contributed by atoms with Gasteiger partial charge in [-0.1, -0.05) is 36.4 Å². The SMILES string of the molecule is Cc1cccn2cc(COc3ccc(C(=O)NC4CCCc5c4cnn5Cc4ccccc4)cc3)nc12. The summed E-state index contributed by atoms with van der Waals surface area (Å²) in [4.78, 5) is 17.7. The number of nitrogens with zero attached hydrogens (tertiary/aromatic N) is 4. The number of hydrogen-bond donors (Lipinski definition) is 1. The molecule has 7 nitrogen and oxygen atoms in total. The Labute approximate surface area is 215 Å². The van der Waals surface area contributed by atoms with E-state index in [9.17, 15) is 4.79 Å². The smallest absolute Gasteiger partial charge is 0.251 e. The number of imidazole rings is 1. The fourth-order valence-electron chi connectivity index (χ4n) is 5.04. The Morgan fingerprint density at radius 2 is 1.92 bits per heavy atom. The number of aromatic nitrogens is 4. The van der Waals surface area contributed by atoms with Gasteiger partial charge in [0.2, 0.25) is 0 Å². The van der Waals surface area contributed by atoms with Crippen LogP contribution in [0, 0.1) is 6.92 Å². The molecule has 186 valence electrons. The fourth-order valence-corrected chi connectivity index (χ4v) is 5.04. The van der Waals surface area contributed by atoms with E-state index in [2.05, 4.69) is 32.2 Å². The summed E-state index contributed by atoms with van der Waals surface area (Å²) in [6.45, 7) is 3.15. The lowest BCUT2D eigenvalue weighted by Crippen LogP contribution is -2.31. The number of carbonyl (C=O) groups is 1. The quantitative estimate of drug-likeness (QED) is 0.336. The Morgan fingerprint density at radius 3 is 2.73 bits per heavy atom. The summed E-state index contributed by atoms with van der Waals surface area (Å²) in [5, 5.41) is 7.86. The van der Waals surface area contributed by atoms with Gasteiger partial charge in [-0.25, -0.2) is 4.98 Å². The molecule has 2 aromatic carbocycles. The highest BCUT2D eigenvalue weighted by Crippen LogP contribution is 2.30. The van der Waals surface area contributed by atoms with E-state index in [0.717, 1.165) is 48.3 Å². The number of pyridine rings is 1. The van der Waals surface area contributed by atoms with Gasteiger partial charge in [0.15, 0.2) is 0 Å². The predicted molar refractivity (Wildman–Crippen MR) is 142 cm³/mol. The molecule has 3 heterocycles. The molecule has 1 atom stereocenters. The molecule has 1 amide bonds. The summed E-state index contributed by atoms with van der Waals surface area (Å²) in [6.07, 6.45) is 8.79. The number of carbonyl (C=O) groups excluding carboxylic acids is 1. The molecule has 0 fully saturated rings. The third-order valence-electron chi connectivity index (χ3n) is 6.97. The molecule has 0 spiro atoms. The Morgan fingerprint density at radius 1 is 1.08 bits per heavy atom. The number of aryl methyl sites for hydroxylation is 1. The Kier molecular flexibility index (Phi) is 6.18. The highest BCUT2D eigenvalue weighted by atomic mass is 16.5. The predicted octanol–water partition coefficient (Wildman–Crippen LogP) is 5.27. The van der Waals surface area contributed by atoms with Crippen LogP contribution in [0.25, 0.3) is 5.65 Å². The number of hydrogen-bond acceptors (Lipinski definition) is 4. The molecule has 0 saturated heterocycles. The van der Waals surface area contributed by atoms with E-state index in [1.165, 1.54) is 11.3 Å². The molecule has 0 aliphatic heterocycles. The lowest BCUT2D eigenvalue weighted by atomic mass is 9.92. The average molecular weight is 492 g/mol. The third kappa shape index (κ3) is 4.85. The lowest BCUT2D eigenvalue weighted by Gasteiger charge is -2.24. The van der Waals surface area contributed by atoms with Crippen LogP contribution in [0.5, 0.6) is 5.75 Å². The Balaban J connectivity index is 1.09. The minimum Gasteiger partial charge on any atom is -0.487 e. The summed E-state index contributed by atoms with van der Waals surface area (Å²) in [5.74, 6) is 0.614. The van der Waals surface area contributed by atoms with Gasteiger partial charge < -0.3 is 14.5 Å². The van der Waals surface area contributed by atoms with Crippen LogP contribution in [0.4, 0.5) is 0 Å². The average Bonchev–Trinajstić information content (AvgIpc) is 3.54. The van der Waals surface area contributed by atoms with Crippen LogP contribution in [0.2, 0.25) is 0 Å². The van der Waals surface area contributed by atoms with Crippen LogP contribution in [-0.2, 0) is 19.6 Å². The number of benzene rings is 2. The van der Waals surface area contributed by atoms with Crippen molar-refractivity contribution < 1.29 is 9.53 Å². The Hall–Kier alpha value is -4.39. The minimum atomic E-state index is -0.0870. The van der Waals surface area contributed by atoms with Crippen LogP contribution >= 0.6 is 0 Å². The van der Waals surface area contributed by atoms with Crippen LogP contribution < -0.4 is 10.1 Å². The molecule has 1 N–H and O–H groups in total. The molecule has 1 unspecified atom stereocenters. The molecule has 5 aromatic rings. The van der Waals surface area contributed by atoms with Crippen LogP contribution in [-0.4, -0.2) is 25.1 Å². The fraction of sp³-hybridized carbons (Fsp3) is 0.233. The summed E-state index contributed by atoms with van der Waals surface area (Å²) < 4.78 is 10.00. The molecule has 1 aliphatic carbocycles. The molecule has 37 heavy (non-hydrogen) atoms. The van der Waals surface area contributed by atoms with Gasteiger partial charge in [-0.05, 0) is 67.6 Å². The largest absolute Gasteiger partial charge is 0.487 e. The van der Waals surface area contributed by atoms with Gasteiger partial charge in [-0.3, -0.25) is 9.48 Å². The van der Waals surface area contributed by atoms with E-state index in [1.54, 1.807) is 12.1 Å². The van der Waals surface area contributed by atoms with E-state index in [1.807, 2.05) is 72.4 Å². The molecular weight excluding hydrogens is 462 g/mol. The van der Waals surface area contributed by atoms with Gasteiger partial charge in [-0.15, -0.1) is 0 Å². The van der Waals surface area contributed by atoms with Gasteiger partial charge in [-0.2, -0.15) is 5.10 Å². The molecule has 6 rings (SSSR count). The first kappa shape index (κ1) is 23.0. The molecule has 0 saturated carbocycles. The number of fused-ring (bicyclic) bond motifs is 2. The first-order chi connectivity index (χ1) is 18.1. The summed E-state index contributed by atoms with van der Waals surface area (Å²) in [7, 11) is 0. The number of nitrogens with one attached hydrogen (secondary N) is 1. The van der Waals surface area contributed by atoms with E-state index in [4.69, 9.17) is 4.74 Å². The van der Waals surface area contributed by atoms with Crippen molar-refractivity contribution in [3.05, 3.63) is 119 Å². The van der Waals surface area contributed by atoms with Crippen molar-refractivity contribution in [1.82, 2.24) is 24.5 Å². The van der Waals surface area contributed by atoms with Gasteiger partial charge in [0, 0.05) is 29.2 Å². The maximum Gasteiger partial charge on any atom is 0.251 e. The highest BCUT2D eigenvalue weighted by molar-refractivity contribution is 5.94. The van der Waals surface area contributed by atoms with Gasteiger partial charge in [0.25, 0.3) is 5.91 Å². The third-order valence-corrected chi connectivity index (χ3v) is 6.97. The normalized spacial score (nSPS) is 14.9. The zero-order valence-corrected chi connectivity index (χ0v) is 20.8. The van der Waals surface area contributed by atoms with Crippen molar-refractivity contribution >= 4 is 11.6 Å². The standard InChI is InChI=1S/C30H29N5O2/c1-21-7-6-16-34-19-24(32-29(21)34)20-37-25-14-12-23(13-15-25)30(36)33-27-10-5-11-28-26(27)17-31-35(28)18-22-8-3-2-4-9-22/h2-4,6-9,12-17,19,27H,5,10-11,18,20H2,1H3,(H,33,36). The van der Waals surface area contributed by atoms with Crippen molar-refractivity contribution in [1.29, 1.82) is 0 Å². The second-order valence-electron chi connectivity index (χ2n) is 9.58. The van der Waals surface area contributed by atoms with Crippen molar-refractivity contribution in [2.24, 2.45) is 0 Å². The zero-order valence-electron chi connectivity index (χ0n) is 20.8. The number of ether oxygens (including phenoxy) is 1. The molecular formula is C30H29N5O2.